The Labute approximate surface area is 185 Å². The molecule has 9 heteroatoms. The summed E-state index contributed by atoms with van der Waals surface area (Å²) in [5, 5.41) is 5.84. The fraction of sp³-hybridized carbons (Fsp3) is 0.619. The Kier molecular flexibility index (Phi) is 5.95. The Morgan fingerprint density at radius 2 is 1.73 bits per heavy atom. The average Bonchev–Trinajstić information content (AvgIpc) is 2.70. The van der Waals surface area contributed by atoms with Crippen LogP contribution < -0.4 is 10.6 Å². The molecule has 2 N–H and O–H groups in total. The predicted molar refractivity (Wildman–Crippen MR) is 112 cm³/mol. The fourth-order valence-corrected chi connectivity index (χ4v) is 6.13. The molecule has 162 valence electrons. The molecule has 4 aliphatic carbocycles. The van der Waals surface area contributed by atoms with Gasteiger partial charge in [-0.1, -0.05) is 23.2 Å². The number of halogens is 2. The van der Waals surface area contributed by atoms with Crippen molar-refractivity contribution in [1.82, 2.24) is 10.3 Å². The molecule has 0 saturated heterocycles. The van der Waals surface area contributed by atoms with Gasteiger partial charge in [0.1, 0.15) is 6.54 Å². The van der Waals surface area contributed by atoms with E-state index >= 15 is 0 Å². The number of nitrogens with one attached hydrogen (secondary N) is 2. The molecular formula is C21H25Cl2N3O4. The third-order valence-electron chi connectivity index (χ3n) is 6.74. The number of amides is 2. The molecule has 1 aromatic rings. The molecule has 4 saturated carbocycles. The van der Waals surface area contributed by atoms with Crippen LogP contribution in [-0.4, -0.2) is 35.9 Å². The van der Waals surface area contributed by atoms with E-state index in [2.05, 4.69) is 15.6 Å². The van der Waals surface area contributed by atoms with Gasteiger partial charge in [0.2, 0.25) is 5.91 Å². The first-order chi connectivity index (χ1) is 14.3. The zero-order chi connectivity index (χ0) is 21.5. The first-order valence-corrected chi connectivity index (χ1v) is 11.1. The van der Waals surface area contributed by atoms with Crippen molar-refractivity contribution in [3.05, 3.63) is 21.8 Å². The Morgan fingerprint density at radius 3 is 2.33 bits per heavy atom. The van der Waals surface area contributed by atoms with E-state index in [4.69, 9.17) is 27.9 Å². The highest BCUT2D eigenvalue weighted by Gasteiger charge is 2.54. The highest BCUT2D eigenvalue weighted by atomic mass is 35.5. The van der Waals surface area contributed by atoms with Gasteiger partial charge in [-0.2, -0.15) is 0 Å². The van der Waals surface area contributed by atoms with E-state index in [-0.39, 0.29) is 28.7 Å². The zero-order valence-electron chi connectivity index (χ0n) is 16.8. The van der Waals surface area contributed by atoms with Gasteiger partial charge in [-0.05, 0) is 68.8 Å². The Morgan fingerprint density at radius 1 is 1.13 bits per heavy atom. The predicted octanol–water partition coefficient (Wildman–Crippen LogP) is 3.51. The number of hydrogen-bond donors (Lipinski definition) is 2. The van der Waals surface area contributed by atoms with E-state index in [0.29, 0.717) is 28.3 Å². The molecule has 4 aliphatic rings. The van der Waals surface area contributed by atoms with Crippen LogP contribution in [0.15, 0.2) is 6.20 Å². The second-order valence-corrected chi connectivity index (χ2v) is 9.77. The number of anilines is 1. The molecule has 4 fully saturated rings. The highest BCUT2D eigenvalue weighted by molar-refractivity contribution is 6.37. The van der Waals surface area contributed by atoms with E-state index < -0.39 is 18.5 Å². The third-order valence-corrected chi connectivity index (χ3v) is 7.58. The van der Waals surface area contributed by atoms with Crippen LogP contribution in [0.3, 0.4) is 0 Å². The summed E-state index contributed by atoms with van der Waals surface area (Å²) in [5.74, 6) is 0.811. The minimum absolute atomic E-state index is 0.0457. The number of aromatic nitrogens is 1. The van der Waals surface area contributed by atoms with Crippen molar-refractivity contribution < 1.29 is 19.1 Å². The molecule has 1 aromatic heterocycles. The van der Waals surface area contributed by atoms with Crippen molar-refractivity contribution in [3.8, 4) is 0 Å². The van der Waals surface area contributed by atoms with Crippen LogP contribution in [0.4, 0.5) is 5.82 Å². The van der Waals surface area contributed by atoms with Crippen LogP contribution in [0.25, 0.3) is 0 Å². The lowest BCUT2D eigenvalue weighted by atomic mass is 9.49. The number of pyridine rings is 1. The Hall–Kier alpha value is -1.86. The maximum Gasteiger partial charge on any atom is 0.325 e. The third kappa shape index (κ3) is 4.28. The van der Waals surface area contributed by atoms with Crippen LogP contribution >= 0.6 is 23.2 Å². The molecule has 2 amide bonds. The Bertz CT molecular complexity index is 854. The van der Waals surface area contributed by atoms with Crippen molar-refractivity contribution >= 4 is 46.8 Å². The number of carbonyl (C=O) groups is 3. The zero-order valence-corrected chi connectivity index (χ0v) is 18.3. The van der Waals surface area contributed by atoms with Crippen LogP contribution in [0, 0.1) is 30.1 Å². The lowest BCUT2D eigenvalue weighted by Gasteiger charge is -2.55. The van der Waals surface area contributed by atoms with E-state index in [1.807, 2.05) is 0 Å². The number of carbonyl (C=O) groups excluding carboxylic acids is 3. The van der Waals surface area contributed by atoms with Gasteiger partial charge in [-0.3, -0.25) is 14.4 Å². The summed E-state index contributed by atoms with van der Waals surface area (Å²) in [6, 6.07) is 0. The number of hydrogen-bond acceptors (Lipinski definition) is 5. The number of ether oxygens (including phenoxy) is 1. The molecule has 0 atom stereocenters. The van der Waals surface area contributed by atoms with E-state index in [0.717, 1.165) is 19.3 Å². The summed E-state index contributed by atoms with van der Waals surface area (Å²) in [7, 11) is 0. The SMILES string of the molecule is Cc1c(Cl)cnc(NC(=O)COC(=O)CNC(=O)C23CC4CC(CC(C4)C2)C3)c1Cl. The van der Waals surface area contributed by atoms with E-state index in [1.54, 1.807) is 6.92 Å². The molecular weight excluding hydrogens is 429 g/mol. The number of esters is 1. The van der Waals surface area contributed by atoms with Crippen molar-refractivity contribution in [2.24, 2.45) is 23.2 Å². The van der Waals surface area contributed by atoms with E-state index in [9.17, 15) is 14.4 Å². The van der Waals surface area contributed by atoms with Gasteiger partial charge in [0.25, 0.3) is 5.91 Å². The molecule has 0 spiro atoms. The van der Waals surface area contributed by atoms with Crippen molar-refractivity contribution in [1.29, 1.82) is 0 Å². The molecule has 0 radical (unpaired) electrons. The standard InChI is InChI=1S/C21H25Cl2N3O4/c1-11-15(22)8-24-19(18(11)23)26-16(27)10-30-17(28)9-25-20(29)21-5-12-2-13(6-21)4-14(3-12)7-21/h8,12-14H,2-7,9-10H2,1H3,(H,25,29)(H,24,26,27). The quantitative estimate of drug-likeness (QED) is 0.642. The first-order valence-electron chi connectivity index (χ1n) is 10.3. The fourth-order valence-electron chi connectivity index (χ4n) is 5.74. The van der Waals surface area contributed by atoms with Crippen molar-refractivity contribution in [3.63, 3.8) is 0 Å². The van der Waals surface area contributed by atoms with Gasteiger partial charge in [-0.15, -0.1) is 0 Å². The van der Waals surface area contributed by atoms with Crippen molar-refractivity contribution in [2.45, 2.75) is 45.4 Å². The topological polar surface area (TPSA) is 97.4 Å². The summed E-state index contributed by atoms with van der Waals surface area (Å²) in [5.41, 5.74) is 0.273. The minimum atomic E-state index is -0.658. The van der Waals surface area contributed by atoms with Gasteiger partial charge in [0.15, 0.2) is 12.4 Å². The highest BCUT2D eigenvalue weighted by Crippen LogP contribution is 2.60. The van der Waals surface area contributed by atoms with Crippen LogP contribution in [0.1, 0.15) is 44.1 Å². The maximum atomic E-state index is 12.8. The second kappa shape index (κ2) is 8.35. The monoisotopic (exact) mass is 453 g/mol. The summed E-state index contributed by atoms with van der Waals surface area (Å²) in [6.45, 7) is 0.965. The summed E-state index contributed by atoms with van der Waals surface area (Å²) < 4.78 is 4.98. The minimum Gasteiger partial charge on any atom is -0.454 e. The summed E-state index contributed by atoms with van der Waals surface area (Å²) in [6.07, 6.45) is 7.90. The summed E-state index contributed by atoms with van der Waals surface area (Å²) in [4.78, 5) is 40.9. The molecule has 0 aliphatic heterocycles. The smallest absolute Gasteiger partial charge is 0.325 e. The largest absolute Gasteiger partial charge is 0.454 e. The molecule has 1 heterocycles. The van der Waals surface area contributed by atoms with Gasteiger partial charge >= 0.3 is 5.97 Å². The molecule has 4 bridgehead atoms. The molecule has 0 aromatic carbocycles. The maximum absolute atomic E-state index is 12.8. The number of rotatable bonds is 6. The lowest BCUT2D eigenvalue weighted by molar-refractivity contribution is -0.152. The summed E-state index contributed by atoms with van der Waals surface area (Å²) >= 11 is 12.0. The lowest BCUT2D eigenvalue weighted by Crippen LogP contribution is -2.54. The second-order valence-electron chi connectivity index (χ2n) is 8.98. The normalized spacial score (nSPS) is 28.8. The molecule has 5 rings (SSSR count). The average molecular weight is 454 g/mol. The van der Waals surface area contributed by atoms with Crippen LogP contribution in [-0.2, 0) is 19.1 Å². The van der Waals surface area contributed by atoms with Crippen LogP contribution in [0.2, 0.25) is 10.0 Å². The van der Waals surface area contributed by atoms with Crippen molar-refractivity contribution in [2.75, 3.05) is 18.5 Å². The van der Waals surface area contributed by atoms with Gasteiger partial charge in [0.05, 0.1) is 10.0 Å². The number of nitrogens with zero attached hydrogens (tertiary/aromatic N) is 1. The van der Waals surface area contributed by atoms with Gasteiger partial charge < -0.3 is 15.4 Å². The van der Waals surface area contributed by atoms with Gasteiger partial charge in [-0.25, -0.2) is 4.98 Å². The van der Waals surface area contributed by atoms with Gasteiger partial charge in [0, 0.05) is 11.6 Å². The van der Waals surface area contributed by atoms with E-state index in [1.165, 1.54) is 25.5 Å². The molecule has 30 heavy (non-hydrogen) atoms. The Balaban J connectivity index is 1.23. The molecule has 0 unspecified atom stereocenters. The van der Waals surface area contributed by atoms with Crippen LogP contribution in [0.5, 0.6) is 0 Å². The first kappa shape index (κ1) is 21.4. The molecule has 7 nitrogen and oxygen atoms in total.